The summed E-state index contributed by atoms with van der Waals surface area (Å²) in [6, 6.07) is 14.4. The lowest BCUT2D eigenvalue weighted by atomic mass is 10.1. The quantitative estimate of drug-likeness (QED) is 0.834. The van der Waals surface area contributed by atoms with E-state index in [1.807, 2.05) is 37.3 Å². The highest BCUT2D eigenvalue weighted by atomic mass is 32.2. The molecular formula is C16H20N2O2S. The molecule has 0 fully saturated rings. The monoisotopic (exact) mass is 304 g/mol. The van der Waals surface area contributed by atoms with Gasteiger partial charge in [0.1, 0.15) is 4.90 Å². The molecule has 0 aliphatic carbocycles. The zero-order valence-corrected chi connectivity index (χ0v) is 13.0. The fourth-order valence-corrected chi connectivity index (χ4v) is 4.03. The second-order valence-electron chi connectivity index (χ2n) is 4.99. The summed E-state index contributed by atoms with van der Waals surface area (Å²) in [5, 5.41) is 0. The summed E-state index contributed by atoms with van der Waals surface area (Å²) in [6.07, 6.45) is 0.662. The molecule has 0 bridgehead atoms. The third-order valence-corrected chi connectivity index (χ3v) is 5.11. The Bertz CT molecular complexity index is 692. The third kappa shape index (κ3) is 3.43. The van der Waals surface area contributed by atoms with Gasteiger partial charge in [0.15, 0.2) is 0 Å². The van der Waals surface area contributed by atoms with Crippen molar-refractivity contribution in [1.29, 1.82) is 0 Å². The zero-order chi connectivity index (χ0) is 15.5. The molecule has 112 valence electrons. The summed E-state index contributed by atoms with van der Waals surface area (Å²) in [7, 11) is -3.66. The number of sulfonamides is 1. The van der Waals surface area contributed by atoms with Gasteiger partial charge < -0.3 is 5.73 Å². The van der Waals surface area contributed by atoms with Crippen LogP contribution in [0.5, 0.6) is 0 Å². The van der Waals surface area contributed by atoms with Crippen molar-refractivity contribution in [1.82, 2.24) is 4.72 Å². The molecule has 0 saturated heterocycles. The molecule has 0 radical (unpaired) electrons. The molecule has 4 nitrogen and oxygen atoms in total. The largest absolute Gasteiger partial charge is 0.398 e. The van der Waals surface area contributed by atoms with Crippen molar-refractivity contribution in [3.05, 3.63) is 59.7 Å². The number of benzene rings is 2. The zero-order valence-electron chi connectivity index (χ0n) is 12.2. The Hall–Kier alpha value is -1.85. The lowest BCUT2D eigenvalue weighted by Gasteiger charge is -2.19. The van der Waals surface area contributed by atoms with Crippen molar-refractivity contribution < 1.29 is 8.42 Å². The summed E-state index contributed by atoms with van der Waals surface area (Å²) in [5.41, 5.74) is 7.70. The number of rotatable bonds is 5. The Kier molecular flexibility index (Phi) is 4.65. The molecule has 0 aliphatic heterocycles. The number of anilines is 1. The molecule has 0 aliphatic rings. The van der Waals surface area contributed by atoms with Crippen LogP contribution in [0.15, 0.2) is 53.4 Å². The van der Waals surface area contributed by atoms with Crippen LogP contribution >= 0.6 is 0 Å². The average molecular weight is 304 g/mol. The number of nitrogen functional groups attached to an aromatic ring is 1. The summed E-state index contributed by atoms with van der Waals surface area (Å²) >= 11 is 0. The molecule has 1 atom stereocenters. The van der Waals surface area contributed by atoms with E-state index in [9.17, 15) is 8.42 Å². The van der Waals surface area contributed by atoms with E-state index in [1.54, 1.807) is 25.1 Å². The van der Waals surface area contributed by atoms with Gasteiger partial charge >= 0.3 is 0 Å². The van der Waals surface area contributed by atoms with E-state index < -0.39 is 10.0 Å². The molecule has 5 heteroatoms. The Balaban J connectivity index is 2.37. The summed E-state index contributed by atoms with van der Waals surface area (Å²) < 4.78 is 28.0. The van der Waals surface area contributed by atoms with Crippen LogP contribution in [-0.2, 0) is 10.0 Å². The molecular weight excluding hydrogens is 284 g/mol. The van der Waals surface area contributed by atoms with Gasteiger partial charge in [-0.2, -0.15) is 0 Å². The van der Waals surface area contributed by atoms with Crippen LogP contribution in [0.2, 0.25) is 0 Å². The highest BCUT2D eigenvalue weighted by molar-refractivity contribution is 7.89. The van der Waals surface area contributed by atoms with Gasteiger partial charge in [-0.3, -0.25) is 0 Å². The standard InChI is InChI=1S/C16H20N2O2S/c1-3-15(13-9-5-4-6-10-13)18-21(19,20)16-12(2)8-7-11-14(16)17/h4-11,15,18H,3,17H2,1-2H3. The third-order valence-electron chi connectivity index (χ3n) is 3.42. The molecule has 0 amide bonds. The van der Waals surface area contributed by atoms with Gasteiger partial charge in [0.25, 0.3) is 0 Å². The van der Waals surface area contributed by atoms with E-state index >= 15 is 0 Å². The van der Waals surface area contributed by atoms with Crippen LogP contribution in [0.3, 0.4) is 0 Å². The van der Waals surface area contributed by atoms with Crippen LogP contribution < -0.4 is 10.5 Å². The molecule has 1 unspecified atom stereocenters. The molecule has 0 saturated carbocycles. The first kappa shape index (κ1) is 15.5. The predicted molar refractivity (Wildman–Crippen MR) is 85.4 cm³/mol. The fourth-order valence-electron chi connectivity index (χ4n) is 2.36. The Morgan fingerprint density at radius 1 is 1.10 bits per heavy atom. The summed E-state index contributed by atoms with van der Waals surface area (Å²) in [6.45, 7) is 3.69. The van der Waals surface area contributed by atoms with Gasteiger partial charge in [0, 0.05) is 6.04 Å². The number of aryl methyl sites for hydroxylation is 1. The maximum atomic E-state index is 12.6. The van der Waals surface area contributed by atoms with Crippen molar-refractivity contribution >= 4 is 15.7 Å². The highest BCUT2D eigenvalue weighted by Gasteiger charge is 2.23. The van der Waals surface area contributed by atoms with Gasteiger partial charge in [-0.25, -0.2) is 13.1 Å². The normalized spacial score (nSPS) is 13.0. The van der Waals surface area contributed by atoms with E-state index in [1.165, 1.54) is 0 Å². The van der Waals surface area contributed by atoms with Crippen LogP contribution in [0, 0.1) is 6.92 Å². The molecule has 2 rings (SSSR count). The van der Waals surface area contributed by atoms with E-state index in [2.05, 4.69) is 4.72 Å². The van der Waals surface area contributed by atoms with Crippen LogP contribution in [0.4, 0.5) is 5.69 Å². The first-order valence-electron chi connectivity index (χ1n) is 6.88. The van der Waals surface area contributed by atoms with E-state index in [-0.39, 0.29) is 16.6 Å². The second-order valence-corrected chi connectivity index (χ2v) is 6.64. The number of hydrogen-bond donors (Lipinski definition) is 2. The maximum Gasteiger partial charge on any atom is 0.243 e. The maximum absolute atomic E-state index is 12.6. The van der Waals surface area contributed by atoms with Gasteiger partial charge in [-0.15, -0.1) is 0 Å². The van der Waals surface area contributed by atoms with Crippen LogP contribution in [0.25, 0.3) is 0 Å². The van der Waals surface area contributed by atoms with Gasteiger partial charge in [0.05, 0.1) is 5.69 Å². The lowest BCUT2D eigenvalue weighted by molar-refractivity contribution is 0.550. The topological polar surface area (TPSA) is 72.2 Å². The van der Waals surface area contributed by atoms with Gasteiger partial charge in [-0.1, -0.05) is 49.4 Å². The minimum atomic E-state index is -3.66. The van der Waals surface area contributed by atoms with Crippen LogP contribution in [-0.4, -0.2) is 8.42 Å². The second kappa shape index (κ2) is 6.28. The van der Waals surface area contributed by atoms with E-state index in [0.29, 0.717) is 12.0 Å². The average Bonchev–Trinajstić information content (AvgIpc) is 2.45. The minimum Gasteiger partial charge on any atom is -0.398 e. The number of nitrogens with one attached hydrogen (secondary N) is 1. The van der Waals surface area contributed by atoms with Gasteiger partial charge in [-0.05, 0) is 30.5 Å². The van der Waals surface area contributed by atoms with Crippen LogP contribution in [0.1, 0.15) is 30.5 Å². The first-order valence-corrected chi connectivity index (χ1v) is 8.36. The van der Waals surface area contributed by atoms with Crippen molar-refractivity contribution in [2.24, 2.45) is 0 Å². The first-order chi connectivity index (χ1) is 9.95. The molecule has 3 N–H and O–H groups in total. The highest BCUT2D eigenvalue weighted by Crippen LogP contribution is 2.25. The molecule has 0 spiro atoms. The number of nitrogens with two attached hydrogens (primary N) is 1. The molecule has 2 aromatic rings. The minimum absolute atomic E-state index is 0.166. The molecule has 2 aromatic carbocycles. The summed E-state index contributed by atoms with van der Waals surface area (Å²) in [4.78, 5) is 0.166. The molecule has 21 heavy (non-hydrogen) atoms. The Morgan fingerprint density at radius 3 is 2.33 bits per heavy atom. The fraction of sp³-hybridized carbons (Fsp3) is 0.250. The summed E-state index contributed by atoms with van der Waals surface area (Å²) in [5.74, 6) is 0. The van der Waals surface area contributed by atoms with Crippen molar-refractivity contribution in [2.45, 2.75) is 31.2 Å². The van der Waals surface area contributed by atoms with Crippen molar-refractivity contribution in [3.63, 3.8) is 0 Å². The van der Waals surface area contributed by atoms with Gasteiger partial charge in [0.2, 0.25) is 10.0 Å². The Labute approximate surface area is 126 Å². The van der Waals surface area contributed by atoms with E-state index in [4.69, 9.17) is 5.73 Å². The van der Waals surface area contributed by atoms with Crippen molar-refractivity contribution in [3.8, 4) is 0 Å². The molecule has 0 heterocycles. The van der Waals surface area contributed by atoms with E-state index in [0.717, 1.165) is 5.56 Å². The smallest absolute Gasteiger partial charge is 0.243 e. The molecule has 0 aromatic heterocycles. The lowest BCUT2D eigenvalue weighted by Crippen LogP contribution is -2.29. The SMILES string of the molecule is CCC(NS(=O)(=O)c1c(C)cccc1N)c1ccccc1. The number of hydrogen-bond acceptors (Lipinski definition) is 3. The van der Waals surface area contributed by atoms with Crippen molar-refractivity contribution in [2.75, 3.05) is 5.73 Å². The Morgan fingerprint density at radius 2 is 1.76 bits per heavy atom. The predicted octanol–water partition coefficient (Wildman–Crippen LogP) is 3.01.